The number of carbonyl (C=O) groups is 1. The number of rotatable bonds is 6. The van der Waals surface area contributed by atoms with E-state index in [1.165, 1.54) is 11.6 Å². The minimum absolute atomic E-state index is 0.0508. The van der Waals surface area contributed by atoms with Gasteiger partial charge in [-0.05, 0) is 28.1 Å². The second kappa shape index (κ2) is 9.29. The van der Waals surface area contributed by atoms with Gasteiger partial charge in [0.1, 0.15) is 11.3 Å². The second-order valence-corrected chi connectivity index (χ2v) is 7.66. The molecule has 0 saturated heterocycles. The van der Waals surface area contributed by atoms with E-state index < -0.39 is 57.5 Å². The molecule has 1 unspecified atom stereocenters. The first kappa shape index (κ1) is 24.4. The number of alkyl halides is 3. The molecule has 0 aliphatic rings. The van der Waals surface area contributed by atoms with Crippen LogP contribution in [0.25, 0.3) is 5.69 Å². The number of nitrogens with one attached hydrogen (secondary N) is 2. The predicted octanol–water partition coefficient (Wildman–Crippen LogP) is 4.33. The second-order valence-electron chi connectivity index (χ2n) is 6.46. The van der Waals surface area contributed by atoms with Gasteiger partial charge in [0.25, 0.3) is 0 Å². The van der Waals surface area contributed by atoms with Gasteiger partial charge in [-0.15, -0.1) is 0 Å². The number of hydrogen-bond donors (Lipinski definition) is 2. The number of benzene rings is 2. The van der Waals surface area contributed by atoms with Crippen molar-refractivity contribution in [1.29, 1.82) is 0 Å². The highest BCUT2D eigenvalue weighted by Crippen LogP contribution is 2.38. The summed E-state index contributed by atoms with van der Waals surface area (Å²) in [5, 5.41) is 2.48. The van der Waals surface area contributed by atoms with Crippen molar-refractivity contribution in [2.75, 3.05) is 5.32 Å². The molecule has 0 aliphatic heterocycles. The summed E-state index contributed by atoms with van der Waals surface area (Å²) in [5.74, 6) is -11.5. The average molecular weight is 496 g/mol. The summed E-state index contributed by atoms with van der Waals surface area (Å²) in [6, 6.07) is 8.17. The van der Waals surface area contributed by atoms with Crippen molar-refractivity contribution in [2.24, 2.45) is 0 Å². The lowest BCUT2D eigenvalue weighted by Crippen LogP contribution is -2.37. The first-order valence-corrected chi connectivity index (χ1v) is 9.94. The number of carbonyl (C=O) groups excluding carboxylic acids is 1. The van der Waals surface area contributed by atoms with E-state index >= 15 is 0 Å². The molecule has 1 heterocycles. The first-order valence-electron chi connectivity index (χ1n) is 9.06. The summed E-state index contributed by atoms with van der Waals surface area (Å²) in [5.41, 5.74) is -4.94. The van der Waals surface area contributed by atoms with Gasteiger partial charge in [-0.3, -0.25) is 9.32 Å². The molecule has 3 rings (SSSR count). The van der Waals surface area contributed by atoms with Crippen molar-refractivity contribution in [3.05, 3.63) is 69.6 Å². The molecule has 176 valence electrons. The SMILES string of the molecule is CCC(Sc1c(=O)o[nH][n+]1-c1ccccc1)C(=O)Nc1c(F)c(F)c(C(F)(F)F)c(F)c1F. The number of para-hydroxylation sites is 1. The van der Waals surface area contributed by atoms with Gasteiger partial charge >= 0.3 is 16.8 Å². The minimum atomic E-state index is -5.71. The van der Waals surface area contributed by atoms with Crippen LogP contribution in [0.3, 0.4) is 0 Å². The molecule has 0 radical (unpaired) electrons. The van der Waals surface area contributed by atoms with Crippen LogP contribution < -0.4 is 15.6 Å². The van der Waals surface area contributed by atoms with E-state index in [0.29, 0.717) is 17.4 Å². The summed E-state index contributed by atoms with van der Waals surface area (Å²) in [6.07, 6.45) is -5.77. The van der Waals surface area contributed by atoms with Gasteiger partial charge in [-0.2, -0.15) is 13.2 Å². The van der Waals surface area contributed by atoms with Crippen LogP contribution in [0.4, 0.5) is 36.4 Å². The smallest absolute Gasteiger partial charge is 0.320 e. The van der Waals surface area contributed by atoms with Crippen LogP contribution >= 0.6 is 11.8 Å². The predicted molar refractivity (Wildman–Crippen MR) is 101 cm³/mol. The summed E-state index contributed by atoms with van der Waals surface area (Å²) in [6.45, 7) is 1.46. The van der Waals surface area contributed by atoms with Gasteiger partial charge in [0.2, 0.25) is 11.6 Å². The van der Waals surface area contributed by atoms with Crippen LogP contribution in [0.15, 0.2) is 44.7 Å². The standard InChI is InChI=1S/C19H12F7N3O3S/c1-2-9(33-17-18(31)32-28-29(17)8-6-4-3-5-7-8)16(30)27-15-13(22)11(20)10(19(24,25)26)12(21)14(15)23/h3-7,9H,2H2,1H3,(H-,27,28,30,31)/p+1. The monoisotopic (exact) mass is 496 g/mol. The summed E-state index contributed by atoms with van der Waals surface area (Å²) >= 11 is 0.599. The number of halogens is 7. The Balaban J connectivity index is 1.93. The fourth-order valence-corrected chi connectivity index (χ4v) is 3.75. The van der Waals surface area contributed by atoms with E-state index in [0.717, 1.165) is 0 Å². The zero-order valence-corrected chi connectivity index (χ0v) is 17.2. The topological polar surface area (TPSA) is 79.0 Å². The molecule has 1 amide bonds. The van der Waals surface area contributed by atoms with Crippen LogP contribution in [-0.2, 0) is 11.0 Å². The average Bonchev–Trinajstić information content (AvgIpc) is 3.13. The number of H-pyrrole nitrogens is 1. The van der Waals surface area contributed by atoms with E-state index in [1.54, 1.807) is 35.6 Å². The van der Waals surface area contributed by atoms with Gasteiger partial charge in [0.05, 0.1) is 5.25 Å². The van der Waals surface area contributed by atoms with Crippen LogP contribution in [-0.4, -0.2) is 16.4 Å². The molecule has 1 atom stereocenters. The van der Waals surface area contributed by atoms with Crippen LogP contribution in [0.5, 0.6) is 0 Å². The fraction of sp³-hybridized carbons (Fsp3) is 0.211. The largest absolute Gasteiger partial charge is 0.442 e. The Labute approximate surface area is 184 Å². The molecular formula is C19H13F7N3O3S+. The minimum Gasteiger partial charge on any atom is -0.320 e. The third-order valence-corrected chi connectivity index (χ3v) is 5.74. The Morgan fingerprint density at radius 2 is 1.67 bits per heavy atom. The molecule has 14 heteroatoms. The number of thioether (sulfide) groups is 1. The molecule has 0 spiro atoms. The number of nitrogens with zero attached hydrogens (tertiary/aromatic N) is 1. The van der Waals surface area contributed by atoms with E-state index in [9.17, 15) is 40.3 Å². The highest BCUT2D eigenvalue weighted by molar-refractivity contribution is 8.00. The highest BCUT2D eigenvalue weighted by atomic mass is 32.2. The van der Waals surface area contributed by atoms with Gasteiger partial charge in [0.15, 0.2) is 23.3 Å². The van der Waals surface area contributed by atoms with E-state index in [1.807, 2.05) is 0 Å². The molecular weight excluding hydrogens is 483 g/mol. The third-order valence-electron chi connectivity index (χ3n) is 4.33. The van der Waals surface area contributed by atoms with Crippen molar-refractivity contribution in [2.45, 2.75) is 29.8 Å². The molecule has 2 aromatic carbocycles. The molecule has 0 saturated carbocycles. The number of aromatic nitrogens is 2. The fourth-order valence-electron chi connectivity index (χ4n) is 2.76. The van der Waals surface area contributed by atoms with Crippen molar-refractivity contribution in [3.63, 3.8) is 0 Å². The van der Waals surface area contributed by atoms with E-state index in [4.69, 9.17) is 4.52 Å². The van der Waals surface area contributed by atoms with Crippen LogP contribution in [0, 0.1) is 23.3 Å². The molecule has 3 aromatic rings. The third kappa shape index (κ3) is 4.74. The first-order chi connectivity index (χ1) is 15.5. The van der Waals surface area contributed by atoms with Crippen LogP contribution in [0.2, 0.25) is 0 Å². The van der Waals surface area contributed by atoms with Crippen molar-refractivity contribution >= 4 is 23.4 Å². The Morgan fingerprint density at radius 1 is 1.09 bits per heavy atom. The van der Waals surface area contributed by atoms with Gasteiger partial charge in [-0.1, -0.05) is 25.1 Å². The van der Waals surface area contributed by atoms with Gasteiger partial charge < -0.3 is 5.32 Å². The Bertz CT molecular complexity index is 1210. The van der Waals surface area contributed by atoms with Gasteiger partial charge in [-0.25, -0.2) is 22.4 Å². The van der Waals surface area contributed by atoms with Crippen LogP contribution in [0.1, 0.15) is 18.9 Å². The zero-order valence-electron chi connectivity index (χ0n) is 16.4. The molecule has 2 N–H and O–H groups in total. The molecule has 33 heavy (non-hydrogen) atoms. The molecule has 6 nitrogen and oxygen atoms in total. The highest BCUT2D eigenvalue weighted by Gasteiger charge is 2.43. The van der Waals surface area contributed by atoms with Crippen molar-refractivity contribution in [3.8, 4) is 5.69 Å². The lowest BCUT2D eigenvalue weighted by Gasteiger charge is -2.16. The molecule has 0 aliphatic carbocycles. The maximum atomic E-state index is 14.1. The zero-order chi connectivity index (χ0) is 24.5. The number of hydrogen-bond acceptors (Lipinski definition) is 4. The Hall–Kier alpha value is -3.29. The maximum Gasteiger partial charge on any atom is 0.442 e. The van der Waals surface area contributed by atoms with E-state index in [2.05, 4.69) is 5.27 Å². The summed E-state index contributed by atoms with van der Waals surface area (Å²) in [4.78, 5) is 24.6. The summed E-state index contributed by atoms with van der Waals surface area (Å²) < 4.78 is 99.9. The number of anilines is 1. The lowest BCUT2D eigenvalue weighted by molar-refractivity contribution is -0.704. The van der Waals surface area contributed by atoms with Gasteiger partial charge in [0, 0.05) is 12.1 Å². The number of amides is 1. The number of aromatic amines is 1. The quantitative estimate of drug-likeness (QED) is 0.231. The van der Waals surface area contributed by atoms with Crippen molar-refractivity contribution < 1.29 is 44.7 Å². The Morgan fingerprint density at radius 3 is 2.18 bits per heavy atom. The van der Waals surface area contributed by atoms with Crippen molar-refractivity contribution in [1.82, 2.24) is 5.27 Å². The molecule has 0 fully saturated rings. The normalized spacial score (nSPS) is 12.6. The molecule has 1 aromatic heterocycles. The van der Waals surface area contributed by atoms with E-state index in [-0.39, 0.29) is 11.4 Å². The Kier molecular flexibility index (Phi) is 6.86. The molecule has 0 bridgehead atoms. The summed E-state index contributed by atoms with van der Waals surface area (Å²) in [7, 11) is 0. The maximum absolute atomic E-state index is 14.1. The lowest BCUT2D eigenvalue weighted by atomic mass is 10.1.